The van der Waals surface area contributed by atoms with Crippen molar-refractivity contribution in [3.63, 3.8) is 0 Å². The second-order valence-electron chi connectivity index (χ2n) is 6.75. The van der Waals surface area contributed by atoms with Crippen LogP contribution in [0.25, 0.3) is 11.3 Å². The molecule has 162 valence electrons. The molecule has 1 aromatic heterocycles. The number of amides is 1. The van der Waals surface area contributed by atoms with Gasteiger partial charge >= 0.3 is 6.18 Å². The van der Waals surface area contributed by atoms with Crippen molar-refractivity contribution >= 4 is 5.91 Å². The Hall–Kier alpha value is -3.69. The first-order valence-corrected chi connectivity index (χ1v) is 9.39. The maximum atomic E-state index is 12.7. The molecule has 0 fully saturated rings. The number of hydrogen-bond acceptors (Lipinski definition) is 5. The van der Waals surface area contributed by atoms with E-state index in [4.69, 9.17) is 9.47 Å². The third kappa shape index (κ3) is 5.08. The second kappa shape index (κ2) is 8.58. The van der Waals surface area contributed by atoms with Crippen molar-refractivity contribution in [1.29, 1.82) is 0 Å². The van der Waals surface area contributed by atoms with Gasteiger partial charge in [0.2, 0.25) is 0 Å². The number of fused-ring (bicyclic) bond motifs is 1. The van der Waals surface area contributed by atoms with Crippen LogP contribution < -0.4 is 19.5 Å². The molecule has 0 saturated carbocycles. The average molecular weight is 433 g/mol. The fourth-order valence-electron chi connectivity index (χ4n) is 3.02. The number of aromatic amines is 1. The van der Waals surface area contributed by atoms with Gasteiger partial charge in [0.25, 0.3) is 5.91 Å². The van der Waals surface area contributed by atoms with Gasteiger partial charge in [-0.15, -0.1) is 0 Å². The van der Waals surface area contributed by atoms with E-state index in [0.717, 1.165) is 5.56 Å². The average Bonchev–Trinajstić information content (AvgIpc) is 3.26. The quantitative estimate of drug-likeness (QED) is 0.619. The molecule has 2 N–H and O–H groups in total. The number of halogens is 3. The van der Waals surface area contributed by atoms with Crippen LogP contribution in [0.3, 0.4) is 0 Å². The summed E-state index contributed by atoms with van der Waals surface area (Å²) in [4.78, 5) is 12.7. The van der Waals surface area contributed by atoms with Gasteiger partial charge in [0.15, 0.2) is 18.1 Å². The number of ether oxygens (including phenoxy) is 3. The molecule has 7 nitrogen and oxygen atoms in total. The number of hydrogen-bond donors (Lipinski definition) is 2. The predicted molar refractivity (Wildman–Crippen MR) is 104 cm³/mol. The maximum Gasteiger partial charge on any atom is 0.422 e. The summed E-state index contributed by atoms with van der Waals surface area (Å²) in [6, 6.07) is 11.4. The standard InChI is InChI=1S/C21H18F3N3O4/c22-21(23,24)12-31-15-4-1-13(2-5-15)10-25-20(28)16-11-26-27-19(16)14-3-6-17-18(9-14)30-8-7-29-17/h1-6,9,11H,7-8,10,12H2,(H,25,28)(H,26,27). The van der Waals surface area contributed by atoms with Crippen LogP contribution in [0.2, 0.25) is 0 Å². The van der Waals surface area contributed by atoms with Gasteiger partial charge < -0.3 is 19.5 Å². The van der Waals surface area contributed by atoms with E-state index in [1.54, 1.807) is 30.3 Å². The summed E-state index contributed by atoms with van der Waals surface area (Å²) in [5.74, 6) is 0.986. The first kappa shape index (κ1) is 20.6. The first-order chi connectivity index (χ1) is 14.9. The molecular weight excluding hydrogens is 415 g/mol. The molecule has 1 aliphatic heterocycles. The molecular formula is C21H18F3N3O4. The summed E-state index contributed by atoms with van der Waals surface area (Å²) in [6.07, 6.45) is -2.97. The largest absolute Gasteiger partial charge is 0.486 e. The summed E-state index contributed by atoms with van der Waals surface area (Å²) in [6.45, 7) is -0.233. The predicted octanol–water partition coefficient (Wildman–Crippen LogP) is 3.72. The second-order valence-corrected chi connectivity index (χ2v) is 6.75. The topological polar surface area (TPSA) is 85.5 Å². The van der Waals surface area contributed by atoms with Gasteiger partial charge in [-0.2, -0.15) is 18.3 Å². The van der Waals surface area contributed by atoms with Gasteiger partial charge in [-0.05, 0) is 35.9 Å². The molecule has 1 amide bonds. The van der Waals surface area contributed by atoms with Crippen LogP contribution >= 0.6 is 0 Å². The molecule has 1 aliphatic rings. The number of nitrogens with zero attached hydrogens (tertiary/aromatic N) is 1. The summed E-state index contributed by atoms with van der Waals surface area (Å²) in [7, 11) is 0. The molecule has 0 aliphatic carbocycles. The molecule has 31 heavy (non-hydrogen) atoms. The molecule has 4 rings (SSSR count). The van der Waals surface area contributed by atoms with Gasteiger partial charge in [0.1, 0.15) is 19.0 Å². The van der Waals surface area contributed by atoms with Crippen LogP contribution in [0.15, 0.2) is 48.7 Å². The molecule has 0 atom stereocenters. The Labute approximate surface area is 175 Å². The Morgan fingerprint density at radius 2 is 1.84 bits per heavy atom. The molecule has 2 heterocycles. The van der Waals surface area contributed by atoms with E-state index in [1.165, 1.54) is 18.3 Å². The minimum Gasteiger partial charge on any atom is -0.486 e. The molecule has 0 spiro atoms. The molecule has 0 radical (unpaired) electrons. The minimum absolute atomic E-state index is 0.100. The summed E-state index contributed by atoms with van der Waals surface area (Å²) in [5, 5.41) is 9.57. The lowest BCUT2D eigenvalue weighted by Gasteiger charge is -2.18. The third-order valence-electron chi connectivity index (χ3n) is 4.49. The number of rotatable bonds is 6. The third-order valence-corrected chi connectivity index (χ3v) is 4.49. The number of benzene rings is 2. The first-order valence-electron chi connectivity index (χ1n) is 9.39. The van der Waals surface area contributed by atoms with Crippen molar-refractivity contribution in [1.82, 2.24) is 15.5 Å². The van der Waals surface area contributed by atoms with Crippen LogP contribution in [0.5, 0.6) is 17.2 Å². The molecule has 0 bridgehead atoms. The van der Waals surface area contributed by atoms with Crippen molar-refractivity contribution < 1.29 is 32.2 Å². The number of carbonyl (C=O) groups is 1. The Kier molecular flexibility index (Phi) is 5.70. The molecule has 3 aromatic rings. The van der Waals surface area contributed by atoms with E-state index in [9.17, 15) is 18.0 Å². The zero-order chi connectivity index (χ0) is 21.8. The minimum atomic E-state index is -4.40. The highest BCUT2D eigenvalue weighted by Gasteiger charge is 2.28. The normalized spacial score (nSPS) is 13.0. The zero-order valence-electron chi connectivity index (χ0n) is 16.2. The Morgan fingerprint density at radius 1 is 1.10 bits per heavy atom. The Morgan fingerprint density at radius 3 is 2.58 bits per heavy atom. The highest BCUT2D eigenvalue weighted by Crippen LogP contribution is 2.34. The van der Waals surface area contributed by atoms with Crippen LogP contribution in [-0.4, -0.2) is 42.1 Å². The highest BCUT2D eigenvalue weighted by atomic mass is 19.4. The monoisotopic (exact) mass is 433 g/mol. The van der Waals surface area contributed by atoms with E-state index < -0.39 is 12.8 Å². The van der Waals surface area contributed by atoms with Gasteiger partial charge in [-0.25, -0.2) is 0 Å². The lowest BCUT2D eigenvalue weighted by Crippen LogP contribution is -2.23. The number of alkyl halides is 3. The van der Waals surface area contributed by atoms with Gasteiger partial charge in [0, 0.05) is 12.1 Å². The van der Waals surface area contributed by atoms with Gasteiger partial charge in [0.05, 0.1) is 17.5 Å². The zero-order valence-corrected chi connectivity index (χ0v) is 16.2. The smallest absolute Gasteiger partial charge is 0.422 e. The van der Waals surface area contributed by atoms with Crippen molar-refractivity contribution in [3.05, 3.63) is 59.8 Å². The number of H-pyrrole nitrogens is 1. The van der Waals surface area contributed by atoms with E-state index in [-0.39, 0.29) is 18.2 Å². The van der Waals surface area contributed by atoms with Crippen molar-refractivity contribution in [3.8, 4) is 28.5 Å². The van der Waals surface area contributed by atoms with E-state index in [0.29, 0.717) is 41.5 Å². The highest BCUT2D eigenvalue weighted by molar-refractivity contribution is 5.99. The van der Waals surface area contributed by atoms with E-state index in [2.05, 4.69) is 20.3 Å². The SMILES string of the molecule is O=C(NCc1ccc(OCC(F)(F)F)cc1)c1cn[nH]c1-c1ccc2c(c1)OCCO2. The Balaban J connectivity index is 1.40. The summed E-state index contributed by atoms with van der Waals surface area (Å²) < 4.78 is 52.4. The number of carbonyl (C=O) groups excluding carboxylic acids is 1. The molecule has 2 aromatic carbocycles. The van der Waals surface area contributed by atoms with Gasteiger partial charge in [-0.1, -0.05) is 12.1 Å². The number of aromatic nitrogens is 2. The maximum absolute atomic E-state index is 12.7. The van der Waals surface area contributed by atoms with E-state index in [1.807, 2.05) is 0 Å². The van der Waals surface area contributed by atoms with Crippen LogP contribution in [0, 0.1) is 0 Å². The van der Waals surface area contributed by atoms with Gasteiger partial charge in [-0.3, -0.25) is 9.89 Å². The molecule has 0 saturated heterocycles. The molecule has 10 heteroatoms. The lowest BCUT2D eigenvalue weighted by molar-refractivity contribution is -0.153. The summed E-state index contributed by atoms with van der Waals surface area (Å²) in [5.41, 5.74) is 2.31. The fourth-order valence-corrected chi connectivity index (χ4v) is 3.02. The Bertz CT molecular complexity index is 1060. The van der Waals surface area contributed by atoms with Crippen molar-refractivity contribution in [2.75, 3.05) is 19.8 Å². The van der Waals surface area contributed by atoms with Crippen LogP contribution in [0.4, 0.5) is 13.2 Å². The summed E-state index contributed by atoms with van der Waals surface area (Å²) >= 11 is 0. The van der Waals surface area contributed by atoms with Crippen LogP contribution in [0.1, 0.15) is 15.9 Å². The van der Waals surface area contributed by atoms with Crippen molar-refractivity contribution in [2.24, 2.45) is 0 Å². The number of nitrogens with one attached hydrogen (secondary N) is 2. The fraction of sp³-hybridized carbons (Fsp3) is 0.238. The molecule has 0 unspecified atom stereocenters. The van der Waals surface area contributed by atoms with E-state index >= 15 is 0 Å². The lowest BCUT2D eigenvalue weighted by atomic mass is 10.1. The van der Waals surface area contributed by atoms with Crippen LogP contribution in [-0.2, 0) is 6.54 Å². The van der Waals surface area contributed by atoms with Crippen molar-refractivity contribution in [2.45, 2.75) is 12.7 Å².